The van der Waals surface area contributed by atoms with Crippen LogP contribution in [0.5, 0.6) is 0 Å². The molecule has 0 spiro atoms. The van der Waals surface area contributed by atoms with Crippen molar-refractivity contribution in [3.05, 3.63) is 65.2 Å². The summed E-state index contributed by atoms with van der Waals surface area (Å²) in [5, 5.41) is 0. The van der Waals surface area contributed by atoms with Crippen molar-refractivity contribution in [2.75, 3.05) is 0 Å². The van der Waals surface area contributed by atoms with Crippen LogP contribution in [0.25, 0.3) is 0 Å². The number of nitrogens with zero attached hydrogens (tertiary/aromatic N) is 1. The number of hydrogen-bond acceptors (Lipinski definition) is 2. The van der Waals surface area contributed by atoms with E-state index in [1.165, 1.54) is 12.1 Å². The number of benzene rings is 1. The molecule has 0 saturated carbocycles. The molecule has 0 aliphatic carbocycles. The molecule has 2 rings (SSSR count). The lowest BCUT2D eigenvalue weighted by atomic mass is 10.0. The fraction of sp³-hybridized carbons (Fsp3) is 0.214. The average molecular weight is 230 g/mol. The Labute approximate surface area is 100 Å². The van der Waals surface area contributed by atoms with E-state index in [9.17, 15) is 4.39 Å². The Morgan fingerprint density at radius 2 is 2.12 bits per heavy atom. The minimum Gasteiger partial charge on any atom is -0.324 e. The van der Waals surface area contributed by atoms with Gasteiger partial charge >= 0.3 is 0 Å². The van der Waals surface area contributed by atoms with Crippen LogP contribution in [0.2, 0.25) is 0 Å². The highest BCUT2D eigenvalue weighted by Crippen LogP contribution is 2.16. The van der Waals surface area contributed by atoms with Gasteiger partial charge in [-0.2, -0.15) is 0 Å². The third kappa shape index (κ3) is 3.11. The van der Waals surface area contributed by atoms with Gasteiger partial charge < -0.3 is 5.73 Å². The van der Waals surface area contributed by atoms with Crippen LogP contribution in [0.1, 0.15) is 22.9 Å². The summed E-state index contributed by atoms with van der Waals surface area (Å²) >= 11 is 0. The quantitative estimate of drug-likeness (QED) is 0.880. The van der Waals surface area contributed by atoms with E-state index in [0.29, 0.717) is 6.42 Å². The zero-order valence-corrected chi connectivity index (χ0v) is 9.73. The van der Waals surface area contributed by atoms with Gasteiger partial charge in [-0.1, -0.05) is 18.2 Å². The van der Waals surface area contributed by atoms with Crippen LogP contribution < -0.4 is 5.73 Å². The van der Waals surface area contributed by atoms with Gasteiger partial charge in [-0.25, -0.2) is 4.39 Å². The van der Waals surface area contributed by atoms with Gasteiger partial charge in [-0.3, -0.25) is 4.98 Å². The molecule has 2 N–H and O–H groups in total. The largest absolute Gasteiger partial charge is 0.324 e. The summed E-state index contributed by atoms with van der Waals surface area (Å²) < 4.78 is 13.0. The van der Waals surface area contributed by atoms with E-state index in [4.69, 9.17) is 5.73 Å². The number of pyridine rings is 1. The van der Waals surface area contributed by atoms with Crippen LogP contribution in [-0.2, 0) is 6.42 Å². The molecule has 17 heavy (non-hydrogen) atoms. The summed E-state index contributed by atoms with van der Waals surface area (Å²) in [5.74, 6) is -0.225. The van der Waals surface area contributed by atoms with Crippen molar-refractivity contribution >= 4 is 0 Å². The van der Waals surface area contributed by atoms with Crippen molar-refractivity contribution in [3.63, 3.8) is 0 Å². The van der Waals surface area contributed by atoms with E-state index in [-0.39, 0.29) is 11.9 Å². The van der Waals surface area contributed by atoms with E-state index in [1.807, 2.05) is 25.1 Å². The number of halogens is 1. The smallest absolute Gasteiger partial charge is 0.123 e. The van der Waals surface area contributed by atoms with Crippen molar-refractivity contribution < 1.29 is 4.39 Å². The van der Waals surface area contributed by atoms with Crippen molar-refractivity contribution in [3.8, 4) is 0 Å². The standard InChI is InChI=1S/C14H15FN2/c1-10-5-6-12(9-17-10)14(16)8-11-3-2-4-13(15)7-11/h2-7,9,14H,8,16H2,1H3. The van der Waals surface area contributed by atoms with Gasteiger partial charge in [0.25, 0.3) is 0 Å². The Bertz CT molecular complexity index is 494. The molecule has 0 aliphatic rings. The number of nitrogens with two attached hydrogens (primary N) is 1. The van der Waals surface area contributed by atoms with E-state index >= 15 is 0 Å². The highest BCUT2D eigenvalue weighted by molar-refractivity contribution is 5.22. The number of rotatable bonds is 3. The fourth-order valence-electron chi connectivity index (χ4n) is 1.73. The lowest BCUT2D eigenvalue weighted by Crippen LogP contribution is -2.13. The second kappa shape index (κ2) is 5.06. The van der Waals surface area contributed by atoms with Gasteiger partial charge in [-0.15, -0.1) is 0 Å². The molecule has 1 aromatic carbocycles. The second-order valence-corrected chi connectivity index (χ2v) is 4.17. The minimum atomic E-state index is -0.225. The first-order valence-corrected chi connectivity index (χ1v) is 5.58. The van der Waals surface area contributed by atoms with E-state index in [2.05, 4.69) is 4.98 Å². The molecule has 1 heterocycles. The Kier molecular flexibility index (Phi) is 3.49. The molecule has 2 nitrogen and oxygen atoms in total. The molecule has 1 atom stereocenters. The van der Waals surface area contributed by atoms with Crippen molar-refractivity contribution in [1.82, 2.24) is 4.98 Å². The highest BCUT2D eigenvalue weighted by Gasteiger charge is 2.07. The van der Waals surface area contributed by atoms with Crippen LogP contribution in [0.4, 0.5) is 4.39 Å². The molecule has 0 radical (unpaired) electrons. The van der Waals surface area contributed by atoms with Crippen LogP contribution in [-0.4, -0.2) is 4.98 Å². The molecule has 0 saturated heterocycles. The van der Waals surface area contributed by atoms with Gasteiger partial charge in [0.15, 0.2) is 0 Å². The topological polar surface area (TPSA) is 38.9 Å². The molecule has 0 amide bonds. The van der Waals surface area contributed by atoms with E-state index in [0.717, 1.165) is 16.8 Å². The van der Waals surface area contributed by atoms with E-state index < -0.39 is 0 Å². The predicted molar refractivity (Wildman–Crippen MR) is 66.0 cm³/mol. The molecule has 1 aromatic heterocycles. The molecule has 1 unspecified atom stereocenters. The lowest BCUT2D eigenvalue weighted by Gasteiger charge is -2.11. The summed E-state index contributed by atoms with van der Waals surface area (Å²) in [4.78, 5) is 4.21. The molecular weight excluding hydrogens is 215 g/mol. The van der Waals surface area contributed by atoms with Crippen LogP contribution in [0.3, 0.4) is 0 Å². The molecule has 3 heteroatoms. The monoisotopic (exact) mass is 230 g/mol. The molecule has 0 aliphatic heterocycles. The van der Waals surface area contributed by atoms with Gasteiger partial charge in [0.2, 0.25) is 0 Å². The first-order chi connectivity index (χ1) is 8.15. The fourth-order valence-corrected chi connectivity index (χ4v) is 1.73. The van der Waals surface area contributed by atoms with Gasteiger partial charge in [-0.05, 0) is 42.7 Å². The summed E-state index contributed by atoms with van der Waals surface area (Å²) in [7, 11) is 0. The maximum Gasteiger partial charge on any atom is 0.123 e. The lowest BCUT2D eigenvalue weighted by molar-refractivity contribution is 0.622. The molecule has 2 aromatic rings. The van der Waals surface area contributed by atoms with Gasteiger partial charge in [0.1, 0.15) is 5.82 Å². The zero-order valence-electron chi connectivity index (χ0n) is 9.73. The Morgan fingerprint density at radius 1 is 1.29 bits per heavy atom. The zero-order chi connectivity index (χ0) is 12.3. The normalized spacial score (nSPS) is 12.4. The Morgan fingerprint density at radius 3 is 2.76 bits per heavy atom. The highest BCUT2D eigenvalue weighted by atomic mass is 19.1. The van der Waals surface area contributed by atoms with E-state index in [1.54, 1.807) is 12.3 Å². The Balaban J connectivity index is 2.11. The van der Waals surface area contributed by atoms with Crippen LogP contribution in [0.15, 0.2) is 42.6 Å². The van der Waals surface area contributed by atoms with Gasteiger partial charge in [0, 0.05) is 17.9 Å². The van der Waals surface area contributed by atoms with Gasteiger partial charge in [0.05, 0.1) is 0 Å². The number of aryl methyl sites for hydroxylation is 1. The first kappa shape index (κ1) is 11.7. The van der Waals surface area contributed by atoms with Crippen molar-refractivity contribution in [1.29, 1.82) is 0 Å². The van der Waals surface area contributed by atoms with Crippen molar-refractivity contribution in [2.24, 2.45) is 5.73 Å². The third-order valence-corrected chi connectivity index (χ3v) is 2.71. The molecule has 0 fully saturated rings. The molecular formula is C14H15FN2. The van der Waals surface area contributed by atoms with Crippen molar-refractivity contribution in [2.45, 2.75) is 19.4 Å². The van der Waals surface area contributed by atoms with Crippen LogP contribution in [0, 0.1) is 12.7 Å². The number of aromatic nitrogens is 1. The maximum atomic E-state index is 13.0. The Hall–Kier alpha value is -1.74. The minimum absolute atomic E-state index is 0.148. The summed E-state index contributed by atoms with van der Waals surface area (Å²) in [6.45, 7) is 1.93. The second-order valence-electron chi connectivity index (χ2n) is 4.17. The summed E-state index contributed by atoms with van der Waals surface area (Å²) in [5.41, 5.74) is 8.90. The predicted octanol–water partition coefficient (Wildman–Crippen LogP) is 2.77. The van der Waals surface area contributed by atoms with Crippen LogP contribution >= 0.6 is 0 Å². The molecule has 0 bridgehead atoms. The third-order valence-electron chi connectivity index (χ3n) is 2.71. The molecule has 88 valence electrons. The maximum absolute atomic E-state index is 13.0. The average Bonchev–Trinajstić information content (AvgIpc) is 2.29. The summed E-state index contributed by atoms with van der Waals surface area (Å²) in [6.07, 6.45) is 2.39. The SMILES string of the molecule is Cc1ccc(C(N)Cc2cccc(F)c2)cn1. The summed E-state index contributed by atoms with van der Waals surface area (Å²) in [6, 6.07) is 10.3. The number of hydrogen-bond donors (Lipinski definition) is 1. The first-order valence-electron chi connectivity index (χ1n) is 5.58.